The summed E-state index contributed by atoms with van der Waals surface area (Å²) in [6.07, 6.45) is 37.8. The molecule has 0 saturated carbocycles. The first-order valence-corrected chi connectivity index (χ1v) is 23.3. The van der Waals surface area contributed by atoms with E-state index in [1.54, 1.807) is 0 Å². The minimum absolute atomic E-state index is 0.0751. The molecule has 304 valence electrons. The summed E-state index contributed by atoms with van der Waals surface area (Å²) < 4.78 is 33.0. The van der Waals surface area contributed by atoms with Crippen molar-refractivity contribution < 1.29 is 37.6 Å². The molecule has 1 N–H and O–H groups in total. The molecule has 0 amide bonds. The number of unbranched alkanes of at least 4 members (excludes halogenated alkanes) is 28. The Hall–Kier alpha value is -0.950. The maximum absolute atomic E-state index is 12.6. The van der Waals surface area contributed by atoms with Gasteiger partial charge in [0.2, 0.25) is 0 Å². The number of rotatable bonds is 41. The highest BCUT2D eigenvalue weighted by atomic mass is 31.2. The van der Waals surface area contributed by atoms with E-state index in [1.807, 2.05) is 6.92 Å². The Morgan fingerprint density at radius 2 is 0.784 bits per heavy atom. The van der Waals surface area contributed by atoms with E-state index >= 15 is 0 Å². The summed E-state index contributed by atoms with van der Waals surface area (Å²) in [7, 11) is -4.29. The molecule has 0 aromatic rings. The summed E-state index contributed by atoms with van der Waals surface area (Å²) in [5.41, 5.74) is 0. The van der Waals surface area contributed by atoms with Gasteiger partial charge < -0.3 is 14.4 Å². The first kappa shape index (κ1) is 50.1. The van der Waals surface area contributed by atoms with Gasteiger partial charge in [0.15, 0.2) is 6.10 Å². The average Bonchev–Trinajstić information content (AvgIpc) is 3.11. The van der Waals surface area contributed by atoms with Gasteiger partial charge in [-0.1, -0.05) is 201 Å². The quantitative estimate of drug-likeness (QED) is 0.0374. The van der Waals surface area contributed by atoms with Gasteiger partial charge in [-0.25, -0.2) is 4.57 Å². The number of ether oxygens (including phenoxy) is 2. The van der Waals surface area contributed by atoms with Crippen LogP contribution in [0.15, 0.2) is 0 Å². The largest absolute Gasteiger partial charge is 0.472 e. The predicted octanol–water partition coefficient (Wildman–Crippen LogP) is 13.5. The van der Waals surface area contributed by atoms with Crippen molar-refractivity contribution >= 4 is 19.8 Å². The first-order chi connectivity index (χ1) is 24.8. The molecule has 8 nitrogen and oxygen atoms in total. The lowest BCUT2D eigenvalue weighted by atomic mass is 10.0. The highest BCUT2D eigenvalue weighted by Gasteiger charge is 2.25. The normalized spacial score (nSPS) is 13.3. The number of carbonyl (C=O) groups is 2. The number of carbonyl (C=O) groups excluding carboxylic acids is 2. The van der Waals surface area contributed by atoms with Crippen LogP contribution in [-0.4, -0.2) is 42.8 Å². The van der Waals surface area contributed by atoms with E-state index in [9.17, 15) is 19.0 Å². The third-order valence-corrected chi connectivity index (χ3v) is 10.6. The van der Waals surface area contributed by atoms with Crippen LogP contribution in [0.1, 0.15) is 233 Å². The molecule has 51 heavy (non-hydrogen) atoms. The minimum Gasteiger partial charge on any atom is -0.462 e. The van der Waals surface area contributed by atoms with Gasteiger partial charge in [0.1, 0.15) is 6.61 Å². The van der Waals surface area contributed by atoms with Crippen molar-refractivity contribution in [2.75, 3.05) is 19.8 Å². The molecule has 0 bridgehead atoms. The van der Waals surface area contributed by atoms with Crippen molar-refractivity contribution in [1.29, 1.82) is 0 Å². The highest BCUT2D eigenvalue weighted by molar-refractivity contribution is 7.47. The summed E-state index contributed by atoms with van der Waals surface area (Å²) in [6.45, 7) is 5.83. The maximum atomic E-state index is 12.6. The van der Waals surface area contributed by atoms with Crippen LogP contribution >= 0.6 is 7.82 Å². The summed E-state index contributed by atoms with van der Waals surface area (Å²) in [4.78, 5) is 34.9. The van der Waals surface area contributed by atoms with Gasteiger partial charge >= 0.3 is 19.8 Å². The first-order valence-electron chi connectivity index (χ1n) is 21.8. The Morgan fingerprint density at radius 1 is 0.451 bits per heavy atom. The fraction of sp³-hybridized carbons (Fsp3) is 0.952. The Morgan fingerprint density at radius 3 is 1.14 bits per heavy atom. The Labute approximate surface area is 315 Å². The third kappa shape index (κ3) is 38.6. The molecule has 0 aromatic carbocycles. The molecule has 2 atom stereocenters. The zero-order valence-corrected chi connectivity index (χ0v) is 34.7. The molecule has 0 spiro atoms. The molecule has 9 heteroatoms. The van der Waals surface area contributed by atoms with E-state index in [2.05, 4.69) is 13.8 Å². The van der Waals surface area contributed by atoms with Crippen molar-refractivity contribution in [2.45, 2.75) is 239 Å². The molecular formula is C42H83O8P. The molecule has 1 unspecified atom stereocenters. The Balaban J connectivity index is 4.11. The van der Waals surface area contributed by atoms with Gasteiger partial charge in [0.05, 0.1) is 13.2 Å². The highest BCUT2D eigenvalue weighted by Crippen LogP contribution is 2.43. The van der Waals surface area contributed by atoms with E-state index in [0.717, 1.165) is 38.5 Å². The van der Waals surface area contributed by atoms with Crippen LogP contribution in [-0.2, 0) is 32.7 Å². The predicted molar refractivity (Wildman–Crippen MR) is 212 cm³/mol. The zero-order chi connectivity index (χ0) is 37.5. The monoisotopic (exact) mass is 747 g/mol. The van der Waals surface area contributed by atoms with Gasteiger partial charge in [-0.15, -0.1) is 0 Å². The van der Waals surface area contributed by atoms with E-state index in [4.69, 9.17) is 18.5 Å². The zero-order valence-electron chi connectivity index (χ0n) is 33.8. The third-order valence-electron chi connectivity index (χ3n) is 9.58. The van der Waals surface area contributed by atoms with Crippen LogP contribution < -0.4 is 0 Å². The molecule has 0 aromatic heterocycles. The van der Waals surface area contributed by atoms with Crippen molar-refractivity contribution in [3.05, 3.63) is 0 Å². The van der Waals surface area contributed by atoms with Crippen molar-refractivity contribution in [1.82, 2.24) is 0 Å². The molecule has 0 fully saturated rings. The van der Waals surface area contributed by atoms with Crippen LogP contribution in [0.5, 0.6) is 0 Å². The smallest absolute Gasteiger partial charge is 0.462 e. The minimum atomic E-state index is -4.29. The van der Waals surface area contributed by atoms with Gasteiger partial charge in [0.25, 0.3) is 0 Å². The molecule has 0 heterocycles. The summed E-state index contributed by atoms with van der Waals surface area (Å²) in [5, 5.41) is 0. The fourth-order valence-corrected chi connectivity index (χ4v) is 7.16. The summed E-state index contributed by atoms with van der Waals surface area (Å²) >= 11 is 0. The number of phosphoric acid groups is 1. The van der Waals surface area contributed by atoms with Crippen molar-refractivity contribution in [3.63, 3.8) is 0 Å². The van der Waals surface area contributed by atoms with E-state index in [-0.39, 0.29) is 32.2 Å². The Bertz CT molecular complexity index is 808. The lowest BCUT2D eigenvalue weighted by Gasteiger charge is -2.20. The molecular weight excluding hydrogens is 663 g/mol. The molecule has 0 aliphatic carbocycles. The lowest BCUT2D eigenvalue weighted by molar-refractivity contribution is -0.161. The van der Waals surface area contributed by atoms with Crippen LogP contribution in [0.2, 0.25) is 0 Å². The van der Waals surface area contributed by atoms with Gasteiger partial charge in [-0.2, -0.15) is 0 Å². The van der Waals surface area contributed by atoms with Gasteiger partial charge in [-0.3, -0.25) is 18.6 Å². The molecule has 0 radical (unpaired) electrons. The topological polar surface area (TPSA) is 108 Å². The van der Waals surface area contributed by atoms with E-state index in [0.29, 0.717) is 12.8 Å². The van der Waals surface area contributed by atoms with E-state index in [1.165, 1.54) is 154 Å². The number of hydrogen-bond acceptors (Lipinski definition) is 7. The van der Waals surface area contributed by atoms with Gasteiger partial charge in [0, 0.05) is 12.8 Å². The second kappa shape index (κ2) is 38.8. The average molecular weight is 747 g/mol. The van der Waals surface area contributed by atoms with Crippen molar-refractivity contribution in [3.8, 4) is 0 Å². The standard InChI is InChI=1S/C42H83O8P/c1-4-7-9-11-13-15-17-19-21-23-25-27-29-31-33-35-41(43)47-38-40(39-49-51(45,46)48-37-6-3)50-42(44)36-34-32-30-28-26-24-22-20-18-16-14-12-10-8-5-2/h40H,4-39H2,1-3H3,(H,45,46)/t40-/m0/s1. The van der Waals surface area contributed by atoms with Crippen LogP contribution in [0.4, 0.5) is 0 Å². The summed E-state index contributed by atoms with van der Waals surface area (Å²) in [5.74, 6) is -0.776. The number of phosphoric ester groups is 1. The number of hydrogen-bond donors (Lipinski definition) is 1. The molecule has 0 rings (SSSR count). The Kier molecular flexibility index (Phi) is 38.0. The SMILES string of the molecule is CCCCCCCCCCCCCCCCCC(=O)OC[C@@H](COP(=O)(O)OCCC)OC(=O)CCCCCCCCCCCCCCCCC. The molecule has 0 saturated heterocycles. The number of esters is 2. The van der Waals surface area contributed by atoms with Crippen LogP contribution in [0.3, 0.4) is 0 Å². The van der Waals surface area contributed by atoms with Crippen molar-refractivity contribution in [2.24, 2.45) is 0 Å². The van der Waals surface area contributed by atoms with Gasteiger partial charge in [-0.05, 0) is 19.3 Å². The van der Waals surface area contributed by atoms with Crippen LogP contribution in [0, 0.1) is 0 Å². The maximum Gasteiger partial charge on any atom is 0.472 e. The lowest BCUT2D eigenvalue weighted by Crippen LogP contribution is -2.29. The second-order valence-electron chi connectivity index (χ2n) is 14.8. The van der Waals surface area contributed by atoms with E-state index < -0.39 is 19.9 Å². The second-order valence-corrected chi connectivity index (χ2v) is 16.2. The summed E-state index contributed by atoms with van der Waals surface area (Å²) in [6, 6.07) is 0. The fourth-order valence-electron chi connectivity index (χ4n) is 6.32. The molecule has 0 aliphatic rings. The van der Waals surface area contributed by atoms with Crippen LogP contribution in [0.25, 0.3) is 0 Å². The molecule has 0 aliphatic heterocycles.